The highest BCUT2D eigenvalue weighted by molar-refractivity contribution is 6.16. The molecular weight excluding hydrogens is 453 g/mol. The zero-order valence-electron chi connectivity index (χ0n) is 20.4. The van der Waals surface area contributed by atoms with Crippen LogP contribution in [0.15, 0.2) is 54.1 Å². The minimum absolute atomic E-state index is 0.00441. The number of amides is 1. The van der Waals surface area contributed by atoms with E-state index in [4.69, 9.17) is 14.2 Å². The summed E-state index contributed by atoms with van der Waals surface area (Å²) in [5.74, 6) is -1.03. The maximum atomic E-state index is 14.0. The van der Waals surface area contributed by atoms with Crippen LogP contribution >= 0.6 is 0 Å². The third kappa shape index (κ3) is 5.53. The number of benzene rings is 2. The summed E-state index contributed by atoms with van der Waals surface area (Å²) in [6.45, 7) is 5.55. The molecule has 1 atom stereocenters. The Labute approximate surface area is 204 Å². The Morgan fingerprint density at radius 3 is 2.11 bits per heavy atom. The summed E-state index contributed by atoms with van der Waals surface area (Å²) in [5.41, 5.74) is 0.904. The molecule has 0 aliphatic carbocycles. The Morgan fingerprint density at radius 1 is 0.943 bits per heavy atom. The molecule has 0 aromatic heterocycles. The summed E-state index contributed by atoms with van der Waals surface area (Å²) < 4.78 is 29.3. The van der Waals surface area contributed by atoms with Crippen LogP contribution in [0.1, 0.15) is 45.6 Å². The summed E-state index contributed by atoms with van der Waals surface area (Å²) >= 11 is 0. The molecule has 0 radical (unpaired) electrons. The van der Waals surface area contributed by atoms with Crippen LogP contribution in [0.4, 0.5) is 10.1 Å². The number of halogens is 1. The Kier molecular flexibility index (Phi) is 8.27. The lowest BCUT2D eigenvalue weighted by Gasteiger charge is -2.27. The molecule has 7 nitrogen and oxygen atoms in total. The van der Waals surface area contributed by atoms with Crippen LogP contribution in [0.2, 0.25) is 0 Å². The van der Waals surface area contributed by atoms with Gasteiger partial charge in [-0.1, -0.05) is 0 Å². The molecule has 2 aromatic rings. The summed E-state index contributed by atoms with van der Waals surface area (Å²) in [6.07, 6.45) is -0.0232. The highest BCUT2D eigenvalue weighted by Crippen LogP contribution is 2.50. The van der Waals surface area contributed by atoms with Gasteiger partial charge in [0.15, 0.2) is 0 Å². The van der Waals surface area contributed by atoms with Gasteiger partial charge in [-0.2, -0.15) is 0 Å². The molecule has 2 aromatic carbocycles. The first-order chi connectivity index (χ1) is 16.7. The number of anilines is 1. The SMILES string of the molecule is CCOC(=O)CCC1(C)C(=O)N(c2ccc(OC)cc2)C(c2ccc(F)cc2)=C1CC(=O)OCC. The molecule has 3 rings (SSSR count). The van der Waals surface area contributed by atoms with Gasteiger partial charge in [-0.05, 0) is 86.9 Å². The molecule has 0 saturated carbocycles. The van der Waals surface area contributed by atoms with Crippen molar-refractivity contribution < 1.29 is 33.0 Å². The van der Waals surface area contributed by atoms with E-state index in [1.807, 2.05) is 0 Å². The van der Waals surface area contributed by atoms with Crippen molar-refractivity contribution in [2.45, 2.75) is 40.0 Å². The number of rotatable bonds is 10. The van der Waals surface area contributed by atoms with Crippen molar-refractivity contribution in [1.29, 1.82) is 0 Å². The highest BCUT2D eigenvalue weighted by atomic mass is 19.1. The molecule has 1 unspecified atom stereocenters. The molecule has 35 heavy (non-hydrogen) atoms. The molecule has 0 N–H and O–H groups in total. The normalized spacial score (nSPS) is 17.5. The minimum atomic E-state index is -1.19. The first kappa shape index (κ1) is 25.9. The molecule has 1 amide bonds. The zero-order chi connectivity index (χ0) is 25.6. The van der Waals surface area contributed by atoms with E-state index >= 15 is 0 Å². The number of hydrogen-bond acceptors (Lipinski definition) is 6. The van der Waals surface area contributed by atoms with Gasteiger partial charge < -0.3 is 14.2 Å². The largest absolute Gasteiger partial charge is 0.497 e. The van der Waals surface area contributed by atoms with Gasteiger partial charge in [-0.15, -0.1) is 0 Å². The summed E-state index contributed by atoms with van der Waals surface area (Å²) in [6, 6.07) is 12.7. The maximum Gasteiger partial charge on any atom is 0.310 e. The van der Waals surface area contributed by atoms with E-state index in [1.54, 1.807) is 64.3 Å². The zero-order valence-corrected chi connectivity index (χ0v) is 20.4. The summed E-state index contributed by atoms with van der Waals surface area (Å²) in [7, 11) is 1.55. The summed E-state index contributed by atoms with van der Waals surface area (Å²) in [5, 5.41) is 0. The van der Waals surface area contributed by atoms with E-state index in [-0.39, 0.29) is 38.4 Å². The number of carbonyl (C=O) groups is 3. The molecule has 1 heterocycles. The molecule has 186 valence electrons. The lowest BCUT2D eigenvalue weighted by molar-refractivity contribution is -0.143. The number of esters is 2. The van der Waals surface area contributed by atoms with Crippen molar-refractivity contribution in [3.8, 4) is 5.75 Å². The fraction of sp³-hybridized carbons (Fsp3) is 0.370. The molecule has 0 spiro atoms. The Balaban J connectivity index is 2.19. The fourth-order valence-corrected chi connectivity index (χ4v) is 4.24. The minimum Gasteiger partial charge on any atom is -0.497 e. The number of methoxy groups -OCH3 is 1. The first-order valence-electron chi connectivity index (χ1n) is 11.5. The van der Waals surface area contributed by atoms with Crippen molar-refractivity contribution >= 4 is 29.2 Å². The Bertz CT molecular complexity index is 1110. The van der Waals surface area contributed by atoms with Crippen LogP contribution < -0.4 is 9.64 Å². The van der Waals surface area contributed by atoms with Crippen molar-refractivity contribution in [2.24, 2.45) is 5.41 Å². The standard InChI is InChI=1S/C27H30FNO6/c1-5-34-23(30)15-16-27(3)22(17-24(31)35-6-2)25(18-7-9-19(28)10-8-18)29(26(27)32)20-11-13-21(33-4)14-12-20/h7-14H,5-6,15-17H2,1-4H3. The Morgan fingerprint density at radius 2 is 1.54 bits per heavy atom. The average Bonchev–Trinajstić information content (AvgIpc) is 3.06. The van der Waals surface area contributed by atoms with E-state index in [0.29, 0.717) is 28.3 Å². The molecule has 1 aliphatic rings. The lowest BCUT2D eigenvalue weighted by atomic mass is 9.77. The van der Waals surface area contributed by atoms with Crippen molar-refractivity contribution in [3.05, 3.63) is 65.5 Å². The molecule has 0 saturated heterocycles. The predicted octanol–water partition coefficient (Wildman–Crippen LogP) is 4.90. The van der Waals surface area contributed by atoms with Crippen LogP contribution in [0.25, 0.3) is 5.70 Å². The molecule has 1 aliphatic heterocycles. The summed E-state index contributed by atoms with van der Waals surface area (Å²) in [4.78, 5) is 40.4. The molecule has 8 heteroatoms. The van der Waals surface area contributed by atoms with E-state index < -0.39 is 23.2 Å². The van der Waals surface area contributed by atoms with Crippen LogP contribution in [0.5, 0.6) is 5.75 Å². The van der Waals surface area contributed by atoms with Gasteiger partial charge in [0.25, 0.3) is 0 Å². The van der Waals surface area contributed by atoms with Gasteiger partial charge in [0.05, 0.1) is 37.9 Å². The number of hydrogen-bond donors (Lipinski definition) is 0. The quantitative estimate of drug-likeness (QED) is 0.448. The van der Waals surface area contributed by atoms with Gasteiger partial charge >= 0.3 is 11.9 Å². The second-order valence-electron chi connectivity index (χ2n) is 8.29. The molecule has 0 bridgehead atoms. The third-order valence-electron chi connectivity index (χ3n) is 6.06. The molecular formula is C27H30FNO6. The number of ether oxygens (including phenoxy) is 3. The van der Waals surface area contributed by atoms with Crippen molar-refractivity contribution in [1.82, 2.24) is 0 Å². The van der Waals surface area contributed by atoms with Gasteiger partial charge in [-0.25, -0.2) is 4.39 Å². The smallest absolute Gasteiger partial charge is 0.310 e. The van der Waals surface area contributed by atoms with Crippen molar-refractivity contribution in [2.75, 3.05) is 25.2 Å². The van der Waals surface area contributed by atoms with Gasteiger partial charge in [0, 0.05) is 12.1 Å². The third-order valence-corrected chi connectivity index (χ3v) is 6.06. The van der Waals surface area contributed by atoms with E-state index in [1.165, 1.54) is 17.0 Å². The predicted molar refractivity (Wildman–Crippen MR) is 129 cm³/mol. The van der Waals surface area contributed by atoms with Gasteiger partial charge in [0.2, 0.25) is 5.91 Å². The van der Waals surface area contributed by atoms with Crippen LogP contribution in [-0.4, -0.2) is 38.2 Å². The fourth-order valence-electron chi connectivity index (χ4n) is 4.24. The van der Waals surface area contributed by atoms with Crippen LogP contribution in [0, 0.1) is 11.2 Å². The monoisotopic (exact) mass is 483 g/mol. The average molecular weight is 484 g/mol. The van der Waals surface area contributed by atoms with Gasteiger partial charge in [0.1, 0.15) is 11.6 Å². The lowest BCUT2D eigenvalue weighted by Crippen LogP contribution is -2.36. The second kappa shape index (κ2) is 11.2. The second-order valence-corrected chi connectivity index (χ2v) is 8.29. The topological polar surface area (TPSA) is 82.1 Å². The van der Waals surface area contributed by atoms with E-state index in [0.717, 1.165) is 0 Å². The van der Waals surface area contributed by atoms with Gasteiger partial charge in [-0.3, -0.25) is 19.3 Å². The van der Waals surface area contributed by atoms with E-state index in [2.05, 4.69) is 0 Å². The number of carbonyl (C=O) groups excluding carboxylic acids is 3. The Hall–Kier alpha value is -3.68. The van der Waals surface area contributed by atoms with E-state index in [9.17, 15) is 18.8 Å². The van der Waals surface area contributed by atoms with Crippen LogP contribution in [0.3, 0.4) is 0 Å². The first-order valence-corrected chi connectivity index (χ1v) is 11.5. The molecule has 0 fully saturated rings. The number of nitrogens with zero attached hydrogens (tertiary/aromatic N) is 1. The highest BCUT2D eigenvalue weighted by Gasteiger charge is 2.50. The van der Waals surface area contributed by atoms with Crippen LogP contribution in [-0.2, 0) is 23.9 Å². The maximum absolute atomic E-state index is 14.0. The van der Waals surface area contributed by atoms with Crippen molar-refractivity contribution in [3.63, 3.8) is 0 Å².